The van der Waals surface area contributed by atoms with Crippen LogP contribution in [-0.2, 0) is 31.5 Å². The van der Waals surface area contributed by atoms with Gasteiger partial charge in [0, 0.05) is 13.6 Å². The number of aliphatic hydroxyl groups excluding tert-OH is 1. The summed E-state index contributed by atoms with van der Waals surface area (Å²) >= 11 is 0. The highest BCUT2D eigenvalue weighted by Gasteiger charge is 2.08. The largest absolute Gasteiger partial charge is 0.392 e. The number of nitrogens with one attached hydrogen (secondary N) is 1. The van der Waals surface area contributed by atoms with E-state index in [1.54, 1.807) is 13.1 Å². The summed E-state index contributed by atoms with van der Waals surface area (Å²) in [6.45, 7) is 0.101. The van der Waals surface area contributed by atoms with E-state index in [0.717, 1.165) is 15.8 Å². The Kier molecular flexibility index (Phi) is 4.31. The second-order valence-corrected chi connectivity index (χ2v) is 4.39. The summed E-state index contributed by atoms with van der Waals surface area (Å²) in [5.41, 5.74) is 1.27. The first-order valence-electron chi connectivity index (χ1n) is 6.14. The van der Waals surface area contributed by atoms with E-state index >= 15 is 0 Å². The number of hydrogen-bond donors (Lipinski definition) is 2. The number of carbonyl (C=O) groups excluding carboxylic acids is 1. The molecule has 0 aliphatic heterocycles. The lowest BCUT2D eigenvalue weighted by atomic mass is 10.1. The van der Waals surface area contributed by atoms with Gasteiger partial charge in [0.05, 0.1) is 6.61 Å². The van der Waals surface area contributed by atoms with Crippen LogP contribution in [0.4, 0.5) is 0 Å². The van der Waals surface area contributed by atoms with Crippen LogP contribution < -0.4 is 11.0 Å². The van der Waals surface area contributed by atoms with Gasteiger partial charge in [0.25, 0.3) is 0 Å². The van der Waals surface area contributed by atoms with Gasteiger partial charge in [-0.3, -0.25) is 9.36 Å². The van der Waals surface area contributed by atoms with Crippen molar-refractivity contribution < 1.29 is 9.90 Å². The predicted octanol–water partition coefficient (Wildman–Crippen LogP) is -0.610. The molecular formula is C13H16N4O3. The molecule has 0 aliphatic rings. The highest BCUT2D eigenvalue weighted by Crippen LogP contribution is 2.07. The van der Waals surface area contributed by atoms with Crippen LogP contribution in [-0.4, -0.2) is 25.4 Å². The van der Waals surface area contributed by atoms with Crippen LogP contribution in [0.3, 0.4) is 0 Å². The van der Waals surface area contributed by atoms with E-state index in [1.807, 2.05) is 18.2 Å². The van der Waals surface area contributed by atoms with Crippen LogP contribution in [0.15, 0.2) is 35.4 Å². The van der Waals surface area contributed by atoms with Gasteiger partial charge < -0.3 is 10.4 Å². The molecule has 0 saturated heterocycles. The predicted molar refractivity (Wildman–Crippen MR) is 71.7 cm³/mol. The van der Waals surface area contributed by atoms with Crippen molar-refractivity contribution in [2.24, 2.45) is 7.05 Å². The molecule has 20 heavy (non-hydrogen) atoms. The monoisotopic (exact) mass is 276 g/mol. The first-order valence-corrected chi connectivity index (χ1v) is 6.14. The number of amides is 1. The van der Waals surface area contributed by atoms with Gasteiger partial charge in [-0.05, 0) is 11.1 Å². The molecule has 0 fully saturated rings. The van der Waals surface area contributed by atoms with Gasteiger partial charge in [-0.15, -0.1) is 0 Å². The molecular weight excluding hydrogens is 260 g/mol. The minimum atomic E-state index is -0.337. The molecule has 0 aliphatic carbocycles. The Morgan fingerprint density at radius 2 is 2.05 bits per heavy atom. The highest BCUT2D eigenvalue weighted by molar-refractivity contribution is 5.75. The number of nitrogens with zero attached hydrogens (tertiary/aromatic N) is 3. The fourth-order valence-electron chi connectivity index (χ4n) is 1.80. The summed E-state index contributed by atoms with van der Waals surface area (Å²) in [7, 11) is 1.57. The molecule has 0 saturated carbocycles. The number of benzene rings is 1. The Labute approximate surface area is 115 Å². The maximum Gasteiger partial charge on any atom is 0.345 e. The van der Waals surface area contributed by atoms with Crippen molar-refractivity contribution in [3.63, 3.8) is 0 Å². The van der Waals surface area contributed by atoms with E-state index < -0.39 is 0 Å². The molecule has 2 N–H and O–H groups in total. The van der Waals surface area contributed by atoms with Crippen LogP contribution in [0.2, 0.25) is 0 Å². The van der Waals surface area contributed by atoms with Crippen LogP contribution in [0.25, 0.3) is 0 Å². The lowest BCUT2D eigenvalue weighted by Crippen LogP contribution is -2.33. The van der Waals surface area contributed by atoms with Gasteiger partial charge in [-0.2, -0.15) is 5.10 Å². The van der Waals surface area contributed by atoms with Crippen molar-refractivity contribution in [1.29, 1.82) is 0 Å². The number of rotatable bonds is 5. The van der Waals surface area contributed by atoms with Gasteiger partial charge >= 0.3 is 5.69 Å². The molecule has 0 bridgehead atoms. The molecule has 0 spiro atoms. The molecule has 7 heteroatoms. The van der Waals surface area contributed by atoms with E-state index in [9.17, 15) is 14.7 Å². The normalized spacial score (nSPS) is 10.5. The third-order valence-electron chi connectivity index (χ3n) is 2.94. The Bertz CT molecular complexity index is 660. The van der Waals surface area contributed by atoms with E-state index in [1.165, 1.54) is 10.9 Å². The van der Waals surface area contributed by atoms with Gasteiger partial charge in [-0.1, -0.05) is 24.3 Å². The Balaban J connectivity index is 1.96. The zero-order valence-electron chi connectivity index (χ0n) is 11.1. The van der Waals surface area contributed by atoms with Crippen molar-refractivity contribution in [1.82, 2.24) is 19.7 Å². The minimum absolute atomic E-state index is 0.0776. The average Bonchev–Trinajstić information content (AvgIpc) is 2.77. The standard InChI is InChI=1S/C13H16N4O3/c1-16-9-15-17(13(16)20)7-12(19)14-6-10-4-2-3-5-11(10)8-18/h2-5,9,18H,6-8H2,1H3,(H,14,19). The van der Waals surface area contributed by atoms with Gasteiger partial charge in [-0.25, -0.2) is 9.48 Å². The number of carbonyl (C=O) groups is 1. The topological polar surface area (TPSA) is 89.2 Å². The molecule has 0 atom stereocenters. The third-order valence-corrected chi connectivity index (χ3v) is 2.94. The van der Waals surface area contributed by atoms with E-state index in [2.05, 4.69) is 10.4 Å². The zero-order valence-corrected chi connectivity index (χ0v) is 11.1. The molecule has 0 radical (unpaired) electrons. The van der Waals surface area contributed by atoms with E-state index in [4.69, 9.17) is 0 Å². The lowest BCUT2D eigenvalue weighted by molar-refractivity contribution is -0.122. The van der Waals surface area contributed by atoms with Crippen molar-refractivity contribution in [2.45, 2.75) is 19.7 Å². The molecule has 1 amide bonds. The highest BCUT2D eigenvalue weighted by atomic mass is 16.3. The molecule has 1 heterocycles. The second kappa shape index (κ2) is 6.16. The van der Waals surface area contributed by atoms with E-state index in [-0.39, 0.29) is 24.7 Å². The number of hydrogen-bond acceptors (Lipinski definition) is 4. The molecule has 2 rings (SSSR count). The van der Waals surface area contributed by atoms with E-state index in [0.29, 0.717) is 6.54 Å². The number of aliphatic hydroxyl groups is 1. The van der Waals surface area contributed by atoms with Gasteiger partial charge in [0.1, 0.15) is 12.9 Å². The maximum atomic E-state index is 11.8. The average molecular weight is 276 g/mol. The smallest absolute Gasteiger partial charge is 0.345 e. The fraction of sp³-hybridized carbons (Fsp3) is 0.308. The lowest BCUT2D eigenvalue weighted by Gasteiger charge is -2.08. The molecule has 2 aromatic rings. The Morgan fingerprint density at radius 3 is 2.65 bits per heavy atom. The summed E-state index contributed by atoms with van der Waals surface area (Å²) < 4.78 is 2.39. The Morgan fingerprint density at radius 1 is 1.35 bits per heavy atom. The van der Waals surface area contributed by atoms with Crippen LogP contribution >= 0.6 is 0 Å². The summed E-state index contributed by atoms with van der Waals surface area (Å²) in [6.07, 6.45) is 1.36. The summed E-state index contributed by atoms with van der Waals surface area (Å²) in [4.78, 5) is 23.3. The first kappa shape index (κ1) is 14.0. The molecule has 106 valence electrons. The number of aromatic nitrogens is 3. The van der Waals surface area contributed by atoms with Crippen LogP contribution in [0, 0.1) is 0 Å². The molecule has 0 unspecified atom stereocenters. The maximum absolute atomic E-state index is 11.8. The third kappa shape index (κ3) is 3.12. The SMILES string of the molecule is Cn1cnn(CC(=O)NCc2ccccc2CO)c1=O. The van der Waals surface area contributed by atoms with Crippen molar-refractivity contribution in [2.75, 3.05) is 0 Å². The van der Waals surface area contributed by atoms with Gasteiger partial charge in [0.2, 0.25) is 5.91 Å². The van der Waals surface area contributed by atoms with Gasteiger partial charge in [0.15, 0.2) is 0 Å². The molecule has 7 nitrogen and oxygen atoms in total. The van der Waals surface area contributed by atoms with Crippen molar-refractivity contribution >= 4 is 5.91 Å². The molecule has 1 aromatic heterocycles. The summed E-state index contributed by atoms with van der Waals surface area (Å²) in [5.74, 6) is -0.307. The van der Waals surface area contributed by atoms with Crippen molar-refractivity contribution in [3.8, 4) is 0 Å². The van der Waals surface area contributed by atoms with Crippen LogP contribution in [0.1, 0.15) is 11.1 Å². The summed E-state index contributed by atoms with van der Waals surface area (Å²) in [6, 6.07) is 7.29. The van der Waals surface area contributed by atoms with Crippen molar-refractivity contribution in [3.05, 3.63) is 52.2 Å². The molecule has 1 aromatic carbocycles. The number of aryl methyl sites for hydroxylation is 1. The quantitative estimate of drug-likeness (QED) is 0.762. The zero-order chi connectivity index (χ0) is 14.5. The summed E-state index contributed by atoms with van der Waals surface area (Å²) in [5, 5.41) is 15.7. The minimum Gasteiger partial charge on any atom is -0.392 e. The fourth-order valence-corrected chi connectivity index (χ4v) is 1.80. The van der Waals surface area contributed by atoms with Crippen LogP contribution in [0.5, 0.6) is 0 Å². The Hall–Kier alpha value is -2.41. The second-order valence-electron chi connectivity index (χ2n) is 4.39. The first-order chi connectivity index (χ1) is 9.61.